The molecular formula is C56H51O2P3Ru+4. The minimum atomic E-state index is -1.08. The van der Waals surface area contributed by atoms with Gasteiger partial charge in [0, 0.05) is 5.97 Å². The van der Waals surface area contributed by atoms with Gasteiger partial charge in [0.1, 0.15) is 47.7 Å². The van der Waals surface area contributed by atoms with E-state index in [1.807, 2.05) is 0 Å². The normalized spacial score (nSPS) is 10.1. The van der Waals surface area contributed by atoms with Crippen LogP contribution in [-0.2, 0) is 24.3 Å². The summed E-state index contributed by atoms with van der Waals surface area (Å²) in [6.45, 7) is 0.972. The van der Waals surface area contributed by atoms with Crippen molar-refractivity contribution in [2.24, 2.45) is 0 Å². The smallest absolute Gasteiger partial charge is 0.550 e. The van der Waals surface area contributed by atoms with E-state index in [1.54, 1.807) is 0 Å². The summed E-state index contributed by atoms with van der Waals surface area (Å²) in [5, 5.41) is 21.8. The molecule has 9 aromatic carbocycles. The molecule has 62 heavy (non-hydrogen) atoms. The van der Waals surface area contributed by atoms with Gasteiger partial charge in [-0.3, -0.25) is 0 Å². The van der Waals surface area contributed by atoms with Crippen LogP contribution in [-0.4, -0.2) is 5.97 Å². The Balaban J connectivity index is 0.000000167. The molecule has 0 aliphatic carbocycles. The van der Waals surface area contributed by atoms with Gasteiger partial charge < -0.3 is 9.90 Å². The Morgan fingerprint density at radius 2 is 0.339 bits per heavy atom. The molecule has 0 heterocycles. The van der Waals surface area contributed by atoms with Crippen LogP contribution in [0.5, 0.6) is 0 Å². The SMILES string of the molecule is CC(=O)[O-].[Ru+2].c1ccc([PH+](c2ccccc2)c2ccccc2)cc1.c1ccc([PH+](c2ccccc2)c2ccccc2)cc1.c1ccc([PH+](c2ccccc2)c2ccccc2)cc1. The Hall–Kier alpha value is -5.64. The van der Waals surface area contributed by atoms with E-state index in [0.29, 0.717) is 0 Å². The molecule has 0 aliphatic heterocycles. The summed E-state index contributed by atoms with van der Waals surface area (Å²) in [7, 11) is -2.63. The number of carboxylic acid groups (broad SMARTS) is 1. The number of aliphatic carboxylic acids is 1. The summed E-state index contributed by atoms with van der Waals surface area (Å²) >= 11 is 0. The van der Waals surface area contributed by atoms with Crippen molar-refractivity contribution >= 4 is 77.5 Å². The minimum Gasteiger partial charge on any atom is -0.550 e. The summed E-state index contributed by atoms with van der Waals surface area (Å²) in [6.07, 6.45) is 0. The second kappa shape index (κ2) is 26.6. The van der Waals surface area contributed by atoms with Crippen LogP contribution in [0.15, 0.2) is 273 Å². The quantitative estimate of drug-likeness (QED) is 0.108. The predicted molar refractivity (Wildman–Crippen MR) is 270 cm³/mol. The molecule has 0 saturated carbocycles. The first kappa shape index (κ1) is 47.4. The molecule has 6 heteroatoms. The summed E-state index contributed by atoms with van der Waals surface area (Å²) in [5.41, 5.74) is 0. The van der Waals surface area contributed by atoms with Gasteiger partial charge in [-0.1, -0.05) is 164 Å². The van der Waals surface area contributed by atoms with E-state index in [9.17, 15) is 0 Å². The van der Waals surface area contributed by atoms with E-state index in [2.05, 4.69) is 273 Å². The van der Waals surface area contributed by atoms with E-state index in [0.717, 1.165) is 6.92 Å². The summed E-state index contributed by atoms with van der Waals surface area (Å²) in [6, 6.07) is 97.5. The third-order valence-electron chi connectivity index (χ3n) is 9.56. The van der Waals surface area contributed by atoms with Crippen molar-refractivity contribution in [3.05, 3.63) is 273 Å². The van der Waals surface area contributed by atoms with Crippen molar-refractivity contribution in [2.75, 3.05) is 0 Å². The first-order valence-electron chi connectivity index (χ1n) is 20.4. The molecule has 0 bridgehead atoms. The molecule has 0 N–H and O–H groups in total. The Morgan fingerprint density at radius 1 is 0.258 bits per heavy atom. The largest absolute Gasteiger partial charge is 2.00 e. The Morgan fingerprint density at radius 3 is 0.419 bits per heavy atom. The van der Waals surface area contributed by atoms with E-state index in [-0.39, 0.29) is 19.5 Å². The van der Waals surface area contributed by atoms with E-state index < -0.39 is 29.7 Å². The van der Waals surface area contributed by atoms with Gasteiger partial charge in [0.15, 0.2) is 0 Å². The van der Waals surface area contributed by atoms with Crippen LogP contribution < -0.4 is 52.8 Å². The standard InChI is InChI=1S/3C18H15P.C2H4O2.Ru/c3*1-4-10-16(11-5-1)19(17-12-6-2-7-13-17)18-14-8-3-9-15-18;1-2(3)4;/h3*1-15H;1H3,(H,3,4);/q;;;;+2/p+2. The first-order valence-corrected chi connectivity index (χ1v) is 24.9. The summed E-state index contributed by atoms with van der Waals surface area (Å²) in [4.78, 5) is 8.89. The van der Waals surface area contributed by atoms with Crippen LogP contribution in [0.2, 0.25) is 0 Å². The molecule has 9 aromatic rings. The zero-order valence-electron chi connectivity index (χ0n) is 34.7. The van der Waals surface area contributed by atoms with Gasteiger partial charge in [0.2, 0.25) is 0 Å². The zero-order valence-corrected chi connectivity index (χ0v) is 39.4. The van der Waals surface area contributed by atoms with Crippen molar-refractivity contribution in [1.82, 2.24) is 0 Å². The van der Waals surface area contributed by atoms with Crippen molar-refractivity contribution in [2.45, 2.75) is 6.92 Å². The van der Waals surface area contributed by atoms with Gasteiger partial charge >= 0.3 is 19.5 Å². The maximum atomic E-state index is 8.89. The van der Waals surface area contributed by atoms with Crippen LogP contribution in [0.1, 0.15) is 6.92 Å². The molecule has 0 atom stereocenters. The van der Waals surface area contributed by atoms with Crippen molar-refractivity contribution in [3.63, 3.8) is 0 Å². The molecule has 0 aromatic heterocycles. The maximum Gasteiger partial charge on any atom is 2.00 e. The number of hydrogen-bond acceptors (Lipinski definition) is 2. The zero-order chi connectivity index (χ0) is 42.3. The van der Waals surface area contributed by atoms with E-state index >= 15 is 0 Å². The molecule has 0 aliphatic rings. The first-order chi connectivity index (χ1) is 30.1. The summed E-state index contributed by atoms with van der Waals surface area (Å²) < 4.78 is 0. The molecular weight excluding hydrogens is 899 g/mol. The van der Waals surface area contributed by atoms with Crippen molar-refractivity contribution in [3.8, 4) is 0 Å². The minimum absolute atomic E-state index is 0. The van der Waals surface area contributed by atoms with Crippen LogP contribution in [0.4, 0.5) is 0 Å². The third-order valence-corrected chi connectivity index (χ3v) is 17.8. The molecule has 2 nitrogen and oxygen atoms in total. The van der Waals surface area contributed by atoms with E-state index in [4.69, 9.17) is 9.90 Å². The third kappa shape index (κ3) is 14.8. The molecule has 0 radical (unpaired) electrons. The average molecular weight is 950 g/mol. The van der Waals surface area contributed by atoms with E-state index in [1.165, 1.54) is 47.7 Å². The van der Waals surface area contributed by atoms with Crippen LogP contribution in [0.3, 0.4) is 0 Å². The molecule has 0 spiro atoms. The molecule has 0 fully saturated rings. The van der Waals surface area contributed by atoms with Crippen molar-refractivity contribution < 1.29 is 29.4 Å². The topological polar surface area (TPSA) is 40.1 Å². The molecule has 9 rings (SSSR count). The number of hydrogen-bond donors (Lipinski definition) is 0. The fourth-order valence-electron chi connectivity index (χ4n) is 6.94. The second-order valence-corrected chi connectivity index (χ2v) is 21.4. The number of carbonyl (C=O) groups excluding carboxylic acids is 1. The van der Waals surface area contributed by atoms with Gasteiger partial charge in [-0.2, -0.15) is 0 Å². The fourth-order valence-corrected chi connectivity index (χ4v) is 14.7. The van der Waals surface area contributed by atoms with Gasteiger partial charge in [-0.15, -0.1) is 0 Å². The van der Waals surface area contributed by atoms with Gasteiger partial charge in [0.05, 0.1) is 23.8 Å². The van der Waals surface area contributed by atoms with Gasteiger partial charge in [0.25, 0.3) is 0 Å². The number of benzene rings is 9. The molecule has 0 saturated heterocycles. The maximum absolute atomic E-state index is 8.89. The Kier molecular flexibility index (Phi) is 20.4. The number of carbonyl (C=O) groups is 1. The molecule has 0 unspecified atom stereocenters. The number of carboxylic acids is 1. The molecule has 306 valence electrons. The van der Waals surface area contributed by atoms with Crippen molar-refractivity contribution in [1.29, 1.82) is 0 Å². The van der Waals surface area contributed by atoms with Crippen LogP contribution in [0, 0.1) is 0 Å². The van der Waals surface area contributed by atoms with Crippen LogP contribution in [0.25, 0.3) is 0 Å². The molecule has 0 amide bonds. The average Bonchev–Trinajstić information content (AvgIpc) is 3.33. The predicted octanol–water partition coefficient (Wildman–Crippen LogP) is 8.29. The number of rotatable bonds is 9. The van der Waals surface area contributed by atoms with Crippen LogP contribution >= 0.6 is 23.8 Å². The Labute approximate surface area is 384 Å². The Bertz CT molecular complexity index is 1970. The monoisotopic (exact) mass is 950 g/mol. The van der Waals surface area contributed by atoms with Gasteiger partial charge in [-0.25, -0.2) is 0 Å². The van der Waals surface area contributed by atoms with Gasteiger partial charge in [-0.05, 0) is 116 Å². The fraction of sp³-hybridized carbons (Fsp3) is 0.0179. The summed E-state index contributed by atoms with van der Waals surface area (Å²) in [5.74, 6) is -1.08. The second-order valence-electron chi connectivity index (χ2n) is 13.9.